The highest BCUT2D eigenvalue weighted by Crippen LogP contribution is 2.48. The molecule has 0 unspecified atom stereocenters. The van der Waals surface area contributed by atoms with E-state index in [9.17, 15) is 9.59 Å². The van der Waals surface area contributed by atoms with Crippen LogP contribution in [0.25, 0.3) is 0 Å². The van der Waals surface area contributed by atoms with Crippen molar-refractivity contribution in [2.24, 2.45) is 23.7 Å². The van der Waals surface area contributed by atoms with Gasteiger partial charge in [0.1, 0.15) is 0 Å². The van der Waals surface area contributed by atoms with Crippen molar-refractivity contribution in [2.45, 2.75) is 34.1 Å². The number of benzene rings is 2. The quantitative estimate of drug-likeness (QED) is 0.729. The number of hydrogen-bond acceptors (Lipinski definition) is 2. The third-order valence-electron chi connectivity index (χ3n) is 6.61. The van der Waals surface area contributed by atoms with E-state index in [1.165, 1.54) is 11.1 Å². The molecule has 150 valence electrons. The fourth-order valence-electron chi connectivity index (χ4n) is 4.63. The van der Waals surface area contributed by atoms with E-state index in [-0.39, 0.29) is 35.5 Å². The van der Waals surface area contributed by atoms with Crippen LogP contribution in [0.1, 0.15) is 28.7 Å². The number of aryl methyl sites for hydroxylation is 4. The van der Waals surface area contributed by atoms with Crippen LogP contribution in [0.4, 0.5) is 11.4 Å². The van der Waals surface area contributed by atoms with Gasteiger partial charge in [0.25, 0.3) is 0 Å². The molecule has 2 aliphatic rings. The van der Waals surface area contributed by atoms with Crippen molar-refractivity contribution in [1.82, 2.24) is 0 Å². The molecule has 0 aliphatic heterocycles. The summed E-state index contributed by atoms with van der Waals surface area (Å²) in [5.74, 6) is -0.545. The van der Waals surface area contributed by atoms with Gasteiger partial charge in [-0.15, -0.1) is 0 Å². The number of fused-ring (bicyclic) bond motifs is 2. The zero-order valence-corrected chi connectivity index (χ0v) is 17.5. The Labute approximate surface area is 172 Å². The van der Waals surface area contributed by atoms with Crippen molar-refractivity contribution in [3.05, 3.63) is 70.8 Å². The van der Waals surface area contributed by atoms with Crippen LogP contribution in [0.2, 0.25) is 0 Å². The highest BCUT2D eigenvalue weighted by molar-refractivity contribution is 6.01. The van der Waals surface area contributed by atoms with Crippen molar-refractivity contribution in [3.63, 3.8) is 0 Å². The summed E-state index contributed by atoms with van der Waals surface area (Å²) in [5, 5.41) is 6.10. The molecule has 1 saturated carbocycles. The van der Waals surface area contributed by atoms with Crippen LogP contribution in [-0.4, -0.2) is 11.8 Å². The van der Waals surface area contributed by atoms with Crippen LogP contribution in [-0.2, 0) is 9.59 Å². The Hall–Kier alpha value is -2.88. The molecule has 4 heteroatoms. The second kappa shape index (κ2) is 7.51. The Morgan fingerprint density at radius 2 is 1.10 bits per heavy atom. The van der Waals surface area contributed by atoms with Gasteiger partial charge < -0.3 is 10.6 Å². The van der Waals surface area contributed by atoms with Gasteiger partial charge in [0, 0.05) is 11.4 Å². The monoisotopic (exact) mass is 388 g/mol. The molecule has 0 spiro atoms. The van der Waals surface area contributed by atoms with Gasteiger partial charge in [-0.3, -0.25) is 9.59 Å². The molecular formula is C25H28N2O2. The average Bonchev–Trinajstić information content (AvgIpc) is 3.29. The number of hydrogen-bond donors (Lipinski definition) is 2. The van der Waals surface area contributed by atoms with Crippen LogP contribution in [0.5, 0.6) is 0 Å². The van der Waals surface area contributed by atoms with E-state index >= 15 is 0 Å². The molecule has 4 rings (SSSR count). The van der Waals surface area contributed by atoms with Gasteiger partial charge >= 0.3 is 0 Å². The Morgan fingerprint density at radius 1 is 0.690 bits per heavy atom. The van der Waals surface area contributed by atoms with Gasteiger partial charge in [-0.05, 0) is 92.5 Å². The van der Waals surface area contributed by atoms with Crippen molar-refractivity contribution in [2.75, 3.05) is 10.6 Å². The molecule has 0 heterocycles. The molecule has 0 saturated heterocycles. The molecule has 2 N–H and O–H groups in total. The first-order chi connectivity index (χ1) is 13.8. The van der Waals surface area contributed by atoms with Crippen LogP contribution >= 0.6 is 0 Å². The maximum Gasteiger partial charge on any atom is 0.228 e. The van der Waals surface area contributed by atoms with Gasteiger partial charge in [-0.25, -0.2) is 0 Å². The Bertz CT molecular complexity index is 928. The highest BCUT2D eigenvalue weighted by atomic mass is 16.2. The van der Waals surface area contributed by atoms with E-state index in [4.69, 9.17) is 0 Å². The van der Waals surface area contributed by atoms with E-state index in [2.05, 4.69) is 36.6 Å². The first-order valence-electron chi connectivity index (χ1n) is 10.3. The smallest absolute Gasteiger partial charge is 0.228 e. The Kier molecular flexibility index (Phi) is 5.03. The van der Waals surface area contributed by atoms with Crippen molar-refractivity contribution >= 4 is 23.2 Å². The first-order valence-corrected chi connectivity index (χ1v) is 10.3. The normalized spacial score (nSPS) is 24.6. The summed E-state index contributed by atoms with van der Waals surface area (Å²) in [6.45, 7) is 8.17. The molecule has 2 aromatic rings. The maximum absolute atomic E-state index is 13.1. The van der Waals surface area contributed by atoms with Gasteiger partial charge in [0.15, 0.2) is 0 Å². The number of carbonyl (C=O) groups is 2. The van der Waals surface area contributed by atoms with E-state index in [1.807, 2.05) is 50.2 Å². The van der Waals surface area contributed by atoms with Gasteiger partial charge in [-0.2, -0.15) is 0 Å². The molecule has 0 aromatic heterocycles. The Balaban J connectivity index is 1.53. The SMILES string of the molecule is Cc1ccc(NC(=O)[C@@H]2[C@H](C(=O)Nc3ccc(C)c(C)c3)[C@@H]3C=C[C@H]2C3)cc1C. The van der Waals surface area contributed by atoms with E-state index in [0.717, 1.165) is 28.9 Å². The number of nitrogens with one attached hydrogen (secondary N) is 2. The largest absolute Gasteiger partial charge is 0.326 e. The summed E-state index contributed by atoms with van der Waals surface area (Å²) in [6.07, 6.45) is 5.08. The average molecular weight is 389 g/mol. The molecule has 2 aromatic carbocycles. The summed E-state index contributed by atoms with van der Waals surface area (Å²) >= 11 is 0. The Morgan fingerprint density at radius 3 is 1.48 bits per heavy atom. The number of rotatable bonds is 4. The lowest BCUT2D eigenvalue weighted by atomic mass is 9.81. The zero-order chi connectivity index (χ0) is 20.7. The number of allylic oxidation sites excluding steroid dienone is 2. The minimum atomic E-state index is -0.335. The van der Waals surface area contributed by atoms with Crippen LogP contribution in [0, 0.1) is 51.4 Å². The molecule has 2 bridgehead atoms. The summed E-state index contributed by atoms with van der Waals surface area (Å²) in [6, 6.07) is 11.8. The molecule has 2 aliphatic carbocycles. The molecule has 4 nitrogen and oxygen atoms in total. The fraction of sp³-hybridized carbons (Fsp3) is 0.360. The number of amides is 2. The van der Waals surface area contributed by atoms with Gasteiger partial charge in [-0.1, -0.05) is 24.3 Å². The maximum atomic E-state index is 13.1. The second-order valence-corrected chi connectivity index (χ2v) is 8.58. The zero-order valence-electron chi connectivity index (χ0n) is 17.5. The molecule has 0 radical (unpaired) electrons. The molecule has 1 fully saturated rings. The van der Waals surface area contributed by atoms with E-state index < -0.39 is 0 Å². The fourth-order valence-corrected chi connectivity index (χ4v) is 4.63. The van der Waals surface area contributed by atoms with Gasteiger partial charge in [0.2, 0.25) is 11.8 Å². The lowest BCUT2D eigenvalue weighted by Gasteiger charge is -2.26. The summed E-state index contributed by atoms with van der Waals surface area (Å²) in [4.78, 5) is 26.3. The second-order valence-electron chi connectivity index (χ2n) is 8.58. The van der Waals surface area contributed by atoms with Crippen LogP contribution in [0.3, 0.4) is 0 Å². The molecule has 4 atom stereocenters. The third-order valence-corrected chi connectivity index (χ3v) is 6.61. The summed E-state index contributed by atoms with van der Waals surface area (Å²) in [5.41, 5.74) is 6.24. The summed E-state index contributed by atoms with van der Waals surface area (Å²) < 4.78 is 0. The van der Waals surface area contributed by atoms with E-state index in [1.54, 1.807) is 0 Å². The van der Waals surface area contributed by atoms with Crippen molar-refractivity contribution < 1.29 is 9.59 Å². The standard InChI is InChI=1S/C25H28N2O2/c1-14-5-9-20(11-16(14)3)26-24(28)22-18-7-8-19(13-18)23(22)25(29)27-21-10-6-15(2)17(4)12-21/h5-12,18-19,22-23H,13H2,1-4H3,(H,26,28)(H,27,29)/t18-,19+,22-,23+. The summed E-state index contributed by atoms with van der Waals surface area (Å²) in [7, 11) is 0. The third kappa shape index (κ3) is 3.71. The van der Waals surface area contributed by atoms with Crippen LogP contribution < -0.4 is 10.6 Å². The van der Waals surface area contributed by atoms with Crippen molar-refractivity contribution in [3.8, 4) is 0 Å². The predicted molar refractivity (Wildman–Crippen MR) is 117 cm³/mol. The van der Waals surface area contributed by atoms with Gasteiger partial charge in [0.05, 0.1) is 11.8 Å². The number of anilines is 2. The minimum absolute atomic E-state index is 0.0645. The lowest BCUT2D eigenvalue weighted by molar-refractivity contribution is -0.129. The minimum Gasteiger partial charge on any atom is -0.326 e. The molecular weight excluding hydrogens is 360 g/mol. The topological polar surface area (TPSA) is 58.2 Å². The van der Waals surface area contributed by atoms with Crippen molar-refractivity contribution in [1.29, 1.82) is 0 Å². The number of carbonyl (C=O) groups excluding carboxylic acids is 2. The van der Waals surface area contributed by atoms with Crippen LogP contribution in [0.15, 0.2) is 48.6 Å². The first kappa shape index (κ1) is 19.4. The molecule has 2 amide bonds. The predicted octanol–water partition coefficient (Wildman–Crippen LogP) is 4.94. The lowest BCUT2D eigenvalue weighted by Crippen LogP contribution is -2.39. The van der Waals surface area contributed by atoms with E-state index in [0.29, 0.717) is 0 Å². The highest BCUT2D eigenvalue weighted by Gasteiger charge is 2.51. The molecule has 29 heavy (non-hydrogen) atoms.